The number of carbonyl (C=O) groups is 2. The van der Waals surface area contributed by atoms with Gasteiger partial charge in [-0.3, -0.25) is 9.59 Å². The van der Waals surface area contributed by atoms with E-state index in [0.717, 1.165) is 34.4 Å². The molecule has 5 aromatic rings. The van der Waals surface area contributed by atoms with Crippen LogP contribution in [0.15, 0.2) is 84.9 Å². The van der Waals surface area contributed by atoms with Gasteiger partial charge in [-0.15, -0.1) is 0 Å². The van der Waals surface area contributed by atoms with Gasteiger partial charge in [-0.25, -0.2) is 4.39 Å². The largest absolute Gasteiger partial charge is 0.352 e. The summed E-state index contributed by atoms with van der Waals surface area (Å²) in [6.45, 7) is 0.355. The topological polar surface area (TPSA) is 54.9 Å². The highest BCUT2D eigenvalue weighted by Gasteiger charge is 2.10. The number of halogens is 1. The standard InChI is InChI=1S/C16H12FNO.C9H7NO/c17-15-7-3-1-6-13(15)10-18-14(11-19)9-12-5-2-4-8-16(12)18;11-6-8-5-7-3-1-2-4-9(7)10-8/h1-9,11H,10H2;1-6,10H. The van der Waals surface area contributed by atoms with Crippen LogP contribution in [0.5, 0.6) is 0 Å². The second-order valence-electron chi connectivity index (χ2n) is 6.85. The van der Waals surface area contributed by atoms with Gasteiger partial charge in [0.05, 0.1) is 17.9 Å². The maximum absolute atomic E-state index is 13.7. The molecule has 2 aromatic heterocycles. The third-order valence-electron chi connectivity index (χ3n) is 4.93. The van der Waals surface area contributed by atoms with Crippen molar-refractivity contribution in [1.29, 1.82) is 0 Å². The van der Waals surface area contributed by atoms with E-state index in [4.69, 9.17) is 0 Å². The zero-order valence-corrected chi connectivity index (χ0v) is 16.1. The molecule has 0 bridgehead atoms. The number of nitrogens with one attached hydrogen (secondary N) is 1. The van der Waals surface area contributed by atoms with E-state index in [1.165, 1.54) is 6.07 Å². The number of aromatic amines is 1. The summed E-state index contributed by atoms with van der Waals surface area (Å²) in [6.07, 6.45) is 1.63. The summed E-state index contributed by atoms with van der Waals surface area (Å²) in [5.41, 5.74) is 3.71. The minimum absolute atomic E-state index is 0.253. The van der Waals surface area contributed by atoms with Crippen LogP contribution in [0.2, 0.25) is 0 Å². The lowest BCUT2D eigenvalue weighted by Crippen LogP contribution is -2.05. The molecule has 4 nitrogen and oxygen atoms in total. The molecule has 0 aliphatic heterocycles. The molecule has 3 aromatic carbocycles. The van der Waals surface area contributed by atoms with Gasteiger partial charge in [-0.05, 0) is 30.3 Å². The summed E-state index contributed by atoms with van der Waals surface area (Å²) in [6, 6.07) is 25.8. The third kappa shape index (κ3) is 3.91. The molecular formula is C25H19FN2O2. The van der Waals surface area contributed by atoms with Gasteiger partial charge in [-0.2, -0.15) is 0 Å². The van der Waals surface area contributed by atoms with Crippen molar-refractivity contribution in [2.75, 3.05) is 0 Å². The summed E-state index contributed by atoms with van der Waals surface area (Å²) in [5, 5.41) is 2.07. The highest BCUT2D eigenvalue weighted by molar-refractivity contribution is 5.89. The minimum Gasteiger partial charge on any atom is -0.352 e. The summed E-state index contributed by atoms with van der Waals surface area (Å²) in [7, 11) is 0. The number of nitrogens with zero attached hydrogens (tertiary/aromatic N) is 1. The molecule has 5 rings (SSSR count). The van der Waals surface area contributed by atoms with Crippen molar-refractivity contribution in [3.63, 3.8) is 0 Å². The molecular weight excluding hydrogens is 379 g/mol. The van der Waals surface area contributed by atoms with Crippen molar-refractivity contribution in [3.05, 3.63) is 108 Å². The fraction of sp³-hybridized carbons (Fsp3) is 0.0400. The molecule has 0 aliphatic rings. The molecule has 0 unspecified atom stereocenters. The number of aromatic nitrogens is 2. The summed E-state index contributed by atoms with van der Waals surface area (Å²) in [5.74, 6) is -0.253. The molecule has 2 heterocycles. The fourth-order valence-electron chi connectivity index (χ4n) is 3.46. The van der Waals surface area contributed by atoms with Gasteiger partial charge >= 0.3 is 0 Å². The van der Waals surface area contributed by atoms with Crippen LogP contribution in [-0.2, 0) is 6.54 Å². The van der Waals surface area contributed by atoms with Crippen molar-refractivity contribution in [2.24, 2.45) is 0 Å². The van der Waals surface area contributed by atoms with Crippen molar-refractivity contribution in [1.82, 2.24) is 9.55 Å². The van der Waals surface area contributed by atoms with E-state index >= 15 is 0 Å². The Kier molecular flexibility index (Phi) is 5.52. The van der Waals surface area contributed by atoms with Gasteiger partial charge in [0, 0.05) is 27.4 Å². The van der Waals surface area contributed by atoms with Crippen molar-refractivity contribution >= 4 is 34.4 Å². The molecule has 0 radical (unpaired) electrons. The summed E-state index contributed by atoms with van der Waals surface area (Å²) < 4.78 is 15.5. The maximum atomic E-state index is 13.7. The third-order valence-corrected chi connectivity index (χ3v) is 4.93. The molecule has 0 saturated carbocycles. The van der Waals surface area contributed by atoms with E-state index in [1.54, 1.807) is 18.2 Å². The molecule has 0 fully saturated rings. The van der Waals surface area contributed by atoms with Crippen LogP contribution < -0.4 is 0 Å². The molecule has 1 N–H and O–H groups in total. The molecule has 5 heteroatoms. The Bertz CT molecular complexity index is 1300. The molecule has 148 valence electrons. The van der Waals surface area contributed by atoms with Crippen molar-refractivity contribution in [3.8, 4) is 0 Å². The van der Waals surface area contributed by atoms with E-state index in [2.05, 4.69) is 4.98 Å². The van der Waals surface area contributed by atoms with Crippen LogP contribution >= 0.6 is 0 Å². The predicted octanol–water partition coefficient (Wildman–Crippen LogP) is 5.62. The Morgan fingerprint density at radius 2 is 1.50 bits per heavy atom. The van der Waals surface area contributed by atoms with E-state index in [1.807, 2.05) is 65.2 Å². The first-order valence-corrected chi connectivity index (χ1v) is 9.49. The Morgan fingerprint density at radius 3 is 2.23 bits per heavy atom. The second-order valence-corrected chi connectivity index (χ2v) is 6.85. The van der Waals surface area contributed by atoms with E-state index < -0.39 is 0 Å². The average molecular weight is 398 g/mol. The molecule has 0 saturated heterocycles. The first kappa shape index (κ1) is 19.3. The van der Waals surface area contributed by atoms with Gasteiger partial charge in [0.2, 0.25) is 0 Å². The van der Waals surface area contributed by atoms with Gasteiger partial charge in [0.25, 0.3) is 0 Å². The highest BCUT2D eigenvalue weighted by atomic mass is 19.1. The maximum Gasteiger partial charge on any atom is 0.166 e. The summed E-state index contributed by atoms with van der Waals surface area (Å²) >= 11 is 0. The molecule has 30 heavy (non-hydrogen) atoms. The molecule has 0 spiro atoms. The first-order chi connectivity index (χ1) is 14.7. The van der Waals surface area contributed by atoms with Crippen LogP contribution in [0.3, 0.4) is 0 Å². The smallest absolute Gasteiger partial charge is 0.166 e. The van der Waals surface area contributed by atoms with Crippen molar-refractivity contribution < 1.29 is 14.0 Å². The highest BCUT2D eigenvalue weighted by Crippen LogP contribution is 2.21. The lowest BCUT2D eigenvalue weighted by Gasteiger charge is -2.08. The van der Waals surface area contributed by atoms with Crippen LogP contribution in [0.1, 0.15) is 26.5 Å². The molecule has 0 atom stereocenters. The number of hydrogen-bond donors (Lipinski definition) is 1. The average Bonchev–Trinajstić information content (AvgIpc) is 3.37. The number of rotatable bonds is 4. The Balaban J connectivity index is 0.000000168. The lowest BCUT2D eigenvalue weighted by molar-refractivity contribution is 0.111. The Hall–Kier alpha value is -3.99. The minimum atomic E-state index is -0.253. The summed E-state index contributed by atoms with van der Waals surface area (Å²) in [4.78, 5) is 24.5. The molecule has 0 aliphatic carbocycles. The Morgan fingerprint density at radius 1 is 0.800 bits per heavy atom. The number of carbonyl (C=O) groups excluding carboxylic acids is 2. The van der Waals surface area contributed by atoms with Gasteiger partial charge < -0.3 is 9.55 Å². The number of benzene rings is 3. The van der Waals surface area contributed by atoms with Crippen LogP contribution in [0.4, 0.5) is 4.39 Å². The number of hydrogen-bond acceptors (Lipinski definition) is 2. The quantitative estimate of drug-likeness (QED) is 0.399. The van der Waals surface area contributed by atoms with Crippen molar-refractivity contribution in [2.45, 2.75) is 6.54 Å². The SMILES string of the molecule is O=Cc1cc2ccccc2[nH]1.O=Cc1cc2ccccc2n1Cc1ccccc1F. The number of H-pyrrole nitrogens is 1. The van der Waals surface area contributed by atoms with Crippen LogP contribution in [0, 0.1) is 5.82 Å². The van der Waals surface area contributed by atoms with Crippen LogP contribution in [0.25, 0.3) is 21.8 Å². The zero-order valence-electron chi connectivity index (χ0n) is 16.1. The molecule has 0 amide bonds. The fourth-order valence-corrected chi connectivity index (χ4v) is 3.46. The second kappa shape index (κ2) is 8.57. The van der Waals surface area contributed by atoms with E-state index in [0.29, 0.717) is 23.5 Å². The number of aldehydes is 2. The number of para-hydroxylation sites is 2. The normalized spacial score (nSPS) is 10.6. The van der Waals surface area contributed by atoms with E-state index in [-0.39, 0.29) is 5.82 Å². The van der Waals surface area contributed by atoms with Gasteiger partial charge in [-0.1, -0.05) is 54.6 Å². The van der Waals surface area contributed by atoms with Gasteiger partial charge in [0.1, 0.15) is 5.82 Å². The number of fused-ring (bicyclic) bond motifs is 2. The van der Waals surface area contributed by atoms with Gasteiger partial charge in [0.15, 0.2) is 12.6 Å². The van der Waals surface area contributed by atoms with Crippen LogP contribution in [-0.4, -0.2) is 22.1 Å². The zero-order chi connectivity index (χ0) is 20.9. The van der Waals surface area contributed by atoms with E-state index in [9.17, 15) is 14.0 Å². The predicted molar refractivity (Wildman–Crippen MR) is 117 cm³/mol. The first-order valence-electron chi connectivity index (χ1n) is 9.49. The lowest BCUT2D eigenvalue weighted by atomic mass is 10.2. The monoisotopic (exact) mass is 398 g/mol. The Labute approximate surface area is 172 Å².